The van der Waals surface area contributed by atoms with E-state index in [0.29, 0.717) is 42.5 Å². The molecule has 1 amide bonds. The molecule has 0 spiro atoms. The van der Waals surface area contributed by atoms with E-state index in [9.17, 15) is 4.79 Å². The molecular weight excluding hydrogens is 384 g/mol. The SMILES string of the molecule is COc1cc(OC)c(C(=O)N2CCO[C@H](c3cc4ccccc4cn3)C2)cc1OC. The van der Waals surface area contributed by atoms with E-state index in [-0.39, 0.29) is 12.0 Å². The standard InChI is InChI=1S/C23H24N2O5/c1-27-19-12-21(29-3)20(28-2)11-17(19)23(26)25-8-9-30-22(14-25)18-10-15-6-4-5-7-16(15)13-24-18/h4-7,10-13,22H,8-9,14H2,1-3H3/t22-/m0/s1. The van der Waals surface area contributed by atoms with Crippen LogP contribution in [-0.2, 0) is 4.74 Å². The summed E-state index contributed by atoms with van der Waals surface area (Å²) in [5, 5.41) is 2.16. The summed E-state index contributed by atoms with van der Waals surface area (Å²) in [6.45, 7) is 1.32. The topological polar surface area (TPSA) is 70.1 Å². The Labute approximate surface area is 175 Å². The molecule has 1 aliphatic heterocycles. The highest BCUT2D eigenvalue weighted by Gasteiger charge is 2.29. The summed E-state index contributed by atoms with van der Waals surface area (Å²) in [4.78, 5) is 19.6. The lowest BCUT2D eigenvalue weighted by atomic mass is 10.1. The Morgan fingerprint density at radius 2 is 1.70 bits per heavy atom. The van der Waals surface area contributed by atoms with Crippen molar-refractivity contribution < 1.29 is 23.7 Å². The van der Waals surface area contributed by atoms with Crippen molar-refractivity contribution >= 4 is 16.7 Å². The van der Waals surface area contributed by atoms with Crippen LogP contribution in [-0.4, -0.2) is 56.8 Å². The first kappa shape index (κ1) is 20.0. The molecule has 0 saturated carbocycles. The van der Waals surface area contributed by atoms with Gasteiger partial charge in [0.25, 0.3) is 5.91 Å². The van der Waals surface area contributed by atoms with Crippen LogP contribution in [0.3, 0.4) is 0 Å². The zero-order chi connectivity index (χ0) is 21.1. The van der Waals surface area contributed by atoms with E-state index in [1.165, 1.54) is 14.2 Å². The first-order valence-corrected chi connectivity index (χ1v) is 9.70. The third-order valence-electron chi connectivity index (χ3n) is 5.27. The molecule has 3 aromatic rings. The molecule has 0 radical (unpaired) electrons. The second kappa shape index (κ2) is 8.59. The van der Waals surface area contributed by atoms with Crippen LogP contribution in [0, 0.1) is 0 Å². The predicted octanol–water partition coefficient (Wildman–Crippen LogP) is 3.47. The molecule has 2 aromatic carbocycles. The number of hydrogen-bond acceptors (Lipinski definition) is 6. The van der Waals surface area contributed by atoms with E-state index in [1.54, 1.807) is 24.1 Å². The molecule has 1 atom stereocenters. The summed E-state index contributed by atoms with van der Waals surface area (Å²) in [7, 11) is 4.61. The maximum Gasteiger partial charge on any atom is 0.257 e. The molecular formula is C23H24N2O5. The van der Waals surface area contributed by atoms with E-state index in [0.717, 1.165) is 16.5 Å². The van der Waals surface area contributed by atoms with Crippen molar-refractivity contribution in [3.05, 3.63) is 59.9 Å². The molecule has 1 aromatic heterocycles. The molecule has 7 nitrogen and oxygen atoms in total. The van der Waals surface area contributed by atoms with Gasteiger partial charge in [0.05, 0.1) is 45.7 Å². The van der Waals surface area contributed by atoms with Crippen LogP contribution in [0.2, 0.25) is 0 Å². The number of rotatable bonds is 5. The van der Waals surface area contributed by atoms with Crippen LogP contribution >= 0.6 is 0 Å². The smallest absolute Gasteiger partial charge is 0.257 e. The Bertz CT molecular complexity index is 1070. The van der Waals surface area contributed by atoms with Gasteiger partial charge in [-0.25, -0.2) is 0 Å². The van der Waals surface area contributed by atoms with Gasteiger partial charge in [0, 0.05) is 30.3 Å². The van der Waals surface area contributed by atoms with Gasteiger partial charge in [0.1, 0.15) is 11.9 Å². The molecule has 1 saturated heterocycles. The molecule has 0 N–H and O–H groups in total. The number of aromatic nitrogens is 1. The van der Waals surface area contributed by atoms with E-state index >= 15 is 0 Å². The number of pyridine rings is 1. The zero-order valence-electron chi connectivity index (χ0n) is 17.3. The molecule has 1 fully saturated rings. The fraction of sp³-hybridized carbons (Fsp3) is 0.304. The van der Waals surface area contributed by atoms with Crippen molar-refractivity contribution in [1.82, 2.24) is 9.88 Å². The van der Waals surface area contributed by atoms with Crippen molar-refractivity contribution in [1.29, 1.82) is 0 Å². The van der Waals surface area contributed by atoms with Crippen LogP contribution in [0.15, 0.2) is 48.7 Å². The van der Waals surface area contributed by atoms with Crippen molar-refractivity contribution in [3.63, 3.8) is 0 Å². The summed E-state index contributed by atoms with van der Waals surface area (Å²) in [5.41, 5.74) is 1.23. The third kappa shape index (κ3) is 3.76. The third-order valence-corrected chi connectivity index (χ3v) is 5.27. The van der Waals surface area contributed by atoms with Gasteiger partial charge >= 0.3 is 0 Å². The van der Waals surface area contributed by atoms with Gasteiger partial charge in [-0.2, -0.15) is 0 Å². The minimum atomic E-state index is -0.293. The highest BCUT2D eigenvalue weighted by atomic mass is 16.5. The number of methoxy groups -OCH3 is 3. The highest BCUT2D eigenvalue weighted by Crippen LogP contribution is 2.36. The minimum absolute atomic E-state index is 0.151. The summed E-state index contributed by atoms with van der Waals surface area (Å²) in [6.07, 6.45) is 1.55. The van der Waals surface area contributed by atoms with E-state index in [1.807, 2.05) is 36.5 Å². The summed E-state index contributed by atoms with van der Waals surface area (Å²) < 4.78 is 22.0. The van der Waals surface area contributed by atoms with Crippen molar-refractivity contribution in [2.75, 3.05) is 41.0 Å². The number of fused-ring (bicyclic) bond motifs is 1. The van der Waals surface area contributed by atoms with Gasteiger partial charge in [-0.15, -0.1) is 0 Å². The summed E-state index contributed by atoms with van der Waals surface area (Å²) in [6, 6.07) is 13.4. The lowest BCUT2D eigenvalue weighted by molar-refractivity contribution is -0.0247. The fourth-order valence-corrected chi connectivity index (χ4v) is 3.66. The quantitative estimate of drug-likeness (QED) is 0.644. The fourth-order valence-electron chi connectivity index (χ4n) is 3.66. The Morgan fingerprint density at radius 1 is 1.00 bits per heavy atom. The van der Waals surface area contributed by atoms with E-state index in [2.05, 4.69) is 4.98 Å². The van der Waals surface area contributed by atoms with Crippen LogP contribution in [0.5, 0.6) is 17.2 Å². The Kier molecular flexibility index (Phi) is 5.72. The maximum absolute atomic E-state index is 13.3. The van der Waals surface area contributed by atoms with Crippen LogP contribution in [0.1, 0.15) is 22.2 Å². The van der Waals surface area contributed by atoms with Gasteiger partial charge in [0.15, 0.2) is 11.5 Å². The Balaban J connectivity index is 1.60. The first-order chi connectivity index (χ1) is 14.6. The largest absolute Gasteiger partial charge is 0.496 e. The number of ether oxygens (including phenoxy) is 4. The highest BCUT2D eigenvalue weighted by molar-refractivity contribution is 5.98. The number of benzene rings is 2. The number of carbonyl (C=O) groups is 1. The summed E-state index contributed by atoms with van der Waals surface area (Å²) >= 11 is 0. The molecule has 4 rings (SSSR count). The molecule has 0 unspecified atom stereocenters. The predicted molar refractivity (Wildman–Crippen MR) is 112 cm³/mol. The zero-order valence-corrected chi connectivity index (χ0v) is 17.3. The van der Waals surface area contributed by atoms with Gasteiger partial charge in [-0.05, 0) is 11.5 Å². The number of morpholine rings is 1. The van der Waals surface area contributed by atoms with Gasteiger partial charge in [-0.3, -0.25) is 9.78 Å². The average Bonchev–Trinajstić information content (AvgIpc) is 2.82. The molecule has 0 bridgehead atoms. The van der Waals surface area contributed by atoms with Crippen molar-refractivity contribution in [3.8, 4) is 17.2 Å². The average molecular weight is 408 g/mol. The number of nitrogens with zero attached hydrogens (tertiary/aromatic N) is 2. The van der Waals surface area contributed by atoms with Gasteiger partial charge < -0.3 is 23.8 Å². The normalized spacial score (nSPS) is 16.4. The second-order valence-corrected chi connectivity index (χ2v) is 6.97. The van der Waals surface area contributed by atoms with Crippen molar-refractivity contribution in [2.45, 2.75) is 6.10 Å². The number of amides is 1. The Morgan fingerprint density at radius 3 is 2.43 bits per heavy atom. The molecule has 0 aliphatic carbocycles. The van der Waals surface area contributed by atoms with Gasteiger partial charge in [0.2, 0.25) is 0 Å². The number of hydrogen-bond donors (Lipinski definition) is 0. The maximum atomic E-state index is 13.3. The first-order valence-electron chi connectivity index (χ1n) is 9.70. The Hall–Kier alpha value is -3.32. The molecule has 30 heavy (non-hydrogen) atoms. The molecule has 156 valence electrons. The van der Waals surface area contributed by atoms with Crippen LogP contribution in [0.25, 0.3) is 10.8 Å². The summed E-state index contributed by atoms with van der Waals surface area (Å²) in [5.74, 6) is 1.26. The minimum Gasteiger partial charge on any atom is -0.496 e. The monoisotopic (exact) mass is 408 g/mol. The lowest BCUT2D eigenvalue weighted by Crippen LogP contribution is -2.42. The van der Waals surface area contributed by atoms with Gasteiger partial charge in [-0.1, -0.05) is 24.3 Å². The number of carbonyl (C=O) groups excluding carboxylic acids is 1. The van der Waals surface area contributed by atoms with Crippen molar-refractivity contribution in [2.24, 2.45) is 0 Å². The van der Waals surface area contributed by atoms with Crippen LogP contribution < -0.4 is 14.2 Å². The van der Waals surface area contributed by atoms with E-state index in [4.69, 9.17) is 18.9 Å². The van der Waals surface area contributed by atoms with Crippen LogP contribution in [0.4, 0.5) is 0 Å². The molecule has 1 aliphatic rings. The lowest BCUT2D eigenvalue weighted by Gasteiger charge is -2.33. The van der Waals surface area contributed by atoms with E-state index < -0.39 is 0 Å². The molecule has 7 heteroatoms. The molecule has 2 heterocycles. The second-order valence-electron chi connectivity index (χ2n) is 6.97.